The van der Waals surface area contributed by atoms with E-state index in [4.69, 9.17) is 10.9 Å². The van der Waals surface area contributed by atoms with Gasteiger partial charge in [-0.1, -0.05) is 0 Å². The van der Waals surface area contributed by atoms with Gasteiger partial charge in [0.25, 0.3) is 0 Å². The van der Waals surface area contributed by atoms with Gasteiger partial charge in [0.05, 0.1) is 0 Å². The van der Waals surface area contributed by atoms with Crippen molar-refractivity contribution >= 4 is 11.8 Å². The van der Waals surface area contributed by atoms with E-state index in [1.165, 1.54) is 0 Å². The summed E-state index contributed by atoms with van der Waals surface area (Å²) in [5.41, 5.74) is 2.42. The highest BCUT2D eigenvalue weighted by Gasteiger charge is 2.11. The molecule has 0 fully saturated rings. The number of aliphatic hydroxyl groups is 1. The Hall–Kier alpha value is -1.40. The van der Waals surface area contributed by atoms with E-state index in [0.29, 0.717) is 18.4 Å². The molecule has 1 aromatic heterocycles. The van der Waals surface area contributed by atoms with E-state index in [-0.39, 0.29) is 6.61 Å². The molecule has 0 aliphatic heterocycles. The normalized spacial score (nSPS) is 10.6. The van der Waals surface area contributed by atoms with Gasteiger partial charge in [0.2, 0.25) is 5.95 Å². The minimum absolute atomic E-state index is 0.177. The fraction of sp³-hybridized carbons (Fsp3) is 0.600. The first kappa shape index (κ1) is 12.7. The third-order valence-electron chi connectivity index (χ3n) is 2.24. The summed E-state index contributed by atoms with van der Waals surface area (Å²) in [5.74, 6) is 6.47. The van der Waals surface area contributed by atoms with E-state index < -0.39 is 0 Å². The van der Waals surface area contributed by atoms with Crippen LogP contribution in [-0.4, -0.2) is 34.3 Å². The minimum Gasteiger partial charge on any atom is -0.396 e. The number of aromatic nitrogens is 2. The van der Waals surface area contributed by atoms with Gasteiger partial charge in [-0.25, -0.2) is 10.8 Å². The predicted molar refractivity (Wildman–Crippen MR) is 64.0 cm³/mol. The summed E-state index contributed by atoms with van der Waals surface area (Å²) < 4.78 is 0. The molecule has 0 amide bonds. The quantitative estimate of drug-likeness (QED) is 0.478. The highest BCUT2D eigenvalue weighted by Crippen LogP contribution is 2.15. The SMILES string of the molecule is CC(C)N(CCCO)c1ccnc(NN)n1. The van der Waals surface area contributed by atoms with Crippen LogP contribution in [0.3, 0.4) is 0 Å². The fourth-order valence-electron chi connectivity index (χ4n) is 1.46. The molecule has 0 atom stereocenters. The summed E-state index contributed by atoms with van der Waals surface area (Å²) in [7, 11) is 0. The van der Waals surface area contributed by atoms with Crippen LogP contribution in [0.4, 0.5) is 11.8 Å². The first-order valence-electron chi connectivity index (χ1n) is 5.36. The number of aliphatic hydroxyl groups excluding tert-OH is 1. The first-order chi connectivity index (χ1) is 7.69. The molecule has 6 heteroatoms. The highest BCUT2D eigenvalue weighted by atomic mass is 16.3. The van der Waals surface area contributed by atoms with Gasteiger partial charge in [-0.05, 0) is 26.3 Å². The average molecular weight is 225 g/mol. The van der Waals surface area contributed by atoms with E-state index in [0.717, 1.165) is 12.4 Å². The van der Waals surface area contributed by atoms with Crippen molar-refractivity contribution in [3.8, 4) is 0 Å². The Morgan fingerprint density at radius 2 is 2.31 bits per heavy atom. The van der Waals surface area contributed by atoms with Crippen molar-refractivity contribution in [2.75, 3.05) is 23.5 Å². The zero-order valence-corrected chi connectivity index (χ0v) is 9.72. The molecule has 0 saturated carbocycles. The maximum atomic E-state index is 8.85. The maximum absolute atomic E-state index is 8.85. The number of rotatable bonds is 6. The van der Waals surface area contributed by atoms with Gasteiger partial charge in [0, 0.05) is 25.4 Å². The zero-order chi connectivity index (χ0) is 12.0. The zero-order valence-electron chi connectivity index (χ0n) is 9.72. The van der Waals surface area contributed by atoms with Gasteiger partial charge >= 0.3 is 0 Å². The van der Waals surface area contributed by atoms with Crippen LogP contribution in [-0.2, 0) is 0 Å². The lowest BCUT2D eigenvalue weighted by Crippen LogP contribution is -2.33. The summed E-state index contributed by atoms with van der Waals surface area (Å²) in [6, 6.07) is 2.14. The summed E-state index contributed by atoms with van der Waals surface area (Å²) in [5, 5.41) is 8.85. The van der Waals surface area contributed by atoms with Crippen molar-refractivity contribution in [1.82, 2.24) is 9.97 Å². The van der Waals surface area contributed by atoms with Crippen molar-refractivity contribution in [3.05, 3.63) is 12.3 Å². The molecule has 0 bridgehead atoms. The molecular formula is C10H19N5O. The van der Waals surface area contributed by atoms with Gasteiger partial charge in [-0.15, -0.1) is 0 Å². The number of nitrogens with two attached hydrogens (primary N) is 1. The molecule has 0 aromatic carbocycles. The number of nitrogens with zero attached hydrogens (tertiary/aromatic N) is 3. The van der Waals surface area contributed by atoms with Crippen LogP contribution in [0.5, 0.6) is 0 Å². The molecule has 0 aliphatic rings. The van der Waals surface area contributed by atoms with E-state index in [2.05, 4.69) is 34.1 Å². The molecule has 16 heavy (non-hydrogen) atoms. The third-order valence-corrected chi connectivity index (χ3v) is 2.24. The molecule has 0 unspecified atom stereocenters. The summed E-state index contributed by atoms with van der Waals surface area (Å²) in [6.07, 6.45) is 2.37. The second-order valence-electron chi connectivity index (χ2n) is 3.75. The van der Waals surface area contributed by atoms with Crippen LogP contribution in [0.25, 0.3) is 0 Å². The topological polar surface area (TPSA) is 87.3 Å². The molecule has 4 N–H and O–H groups in total. The summed E-state index contributed by atoms with van der Waals surface area (Å²) in [4.78, 5) is 10.3. The first-order valence-corrected chi connectivity index (χ1v) is 5.36. The number of hydrogen-bond donors (Lipinski definition) is 3. The predicted octanol–water partition coefficient (Wildman–Crippen LogP) is 0.359. The monoisotopic (exact) mass is 225 g/mol. The highest BCUT2D eigenvalue weighted by molar-refractivity contribution is 5.42. The Morgan fingerprint density at radius 1 is 1.56 bits per heavy atom. The Balaban J connectivity index is 2.82. The lowest BCUT2D eigenvalue weighted by molar-refractivity contribution is 0.288. The van der Waals surface area contributed by atoms with Crippen LogP contribution in [0.15, 0.2) is 12.3 Å². The second kappa shape index (κ2) is 6.24. The van der Waals surface area contributed by atoms with Gasteiger partial charge < -0.3 is 10.0 Å². The largest absolute Gasteiger partial charge is 0.396 e. The average Bonchev–Trinajstić information content (AvgIpc) is 2.29. The molecule has 6 nitrogen and oxygen atoms in total. The van der Waals surface area contributed by atoms with Crippen LogP contribution in [0.2, 0.25) is 0 Å². The van der Waals surface area contributed by atoms with Crippen molar-refractivity contribution in [1.29, 1.82) is 0 Å². The van der Waals surface area contributed by atoms with Crippen LogP contribution < -0.4 is 16.2 Å². The standard InChI is InChI=1S/C10H19N5O/c1-8(2)15(6-3-7-16)9-4-5-12-10(13-9)14-11/h4-5,8,16H,3,6-7,11H2,1-2H3,(H,12,13,14). The van der Waals surface area contributed by atoms with Crippen molar-refractivity contribution in [2.24, 2.45) is 5.84 Å². The smallest absolute Gasteiger partial charge is 0.239 e. The fourth-order valence-corrected chi connectivity index (χ4v) is 1.46. The molecule has 1 aromatic rings. The number of nitrogens with one attached hydrogen (secondary N) is 1. The molecule has 90 valence electrons. The van der Waals surface area contributed by atoms with Gasteiger partial charge in [0.15, 0.2) is 0 Å². The number of nitrogen functional groups attached to an aromatic ring is 1. The Morgan fingerprint density at radius 3 is 2.88 bits per heavy atom. The Bertz CT molecular complexity index is 318. The van der Waals surface area contributed by atoms with E-state index >= 15 is 0 Å². The lowest BCUT2D eigenvalue weighted by Gasteiger charge is -2.27. The van der Waals surface area contributed by atoms with Crippen molar-refractivity contribution < 1.29 is 5.11 Å². The molecule has 1 rings (SSSR count). The van der Waals surface area contributed by atoms with E-state index in [1.54, 1.807) is 6.20 Å². The number of anilines is 2. The molecule has 0 aliphatic carbocycles. The molecule has 0 radical (unpaired) electrons. The summed E-state index contributed by atoms with van der Waals surface area (Å²) >= 11 is 0. The van der Waals surface area contributed by atoms with Crippen molar-refractivity contribution in [2.45, 2.75) is 26.3 Å². The van der Waals surface area contributed by atoms with Crippen molar-refractivity contribution in [3.63, 3.8) is 0 Å². The van der Waals surface area contributed by atoms with Crippen LogP contribution in [0.1, 0.15) is 20.3 Å². The second-order valence-corrected chi connectivity index (χ2v) is 3.75. The van der Waals surface area contributed by atoms with Gasteiger partial charge in [-0.3, -0.25) is 5.43 Å². The number of hydrogen-bond acceptors (Lipinski definition) is 6. The Labute approximate surface area is 95.5 Å². The molecule has 1 heterocycles. The summed E-state index contributed by atoms with van der Waals surface area (Å²) in [6.45, 7) is 5.09. The molecule has 0 saturated heterocycles. The maximum Gasteiger partial charge on any atom is 0.239 e. The van der Waals surface area contributed by atoms with Gasteiger partial charge in [-0.2, -0.15) is 4.98 Å². The third kappa shape index (κ3) is 3.32. The van der Waals surface area contributed by atoms with E-state index in [1.807, 2.05) is 6.07 Å². The van der Waals surface area contributed by atoms with E-state index in [9.17, 15) is 0 Å². The van der Waals surface area contributed by atoms with Gasteiger partial charge in [0.1, 0.15) is 5.82 Å². The minimum atomic E-state index is 0.177. The van der Waals surface area contributed by atoms with Crippen LogP contribution in [0, 0.1) is 0 Å². The molecule has 0 spiro atoms. The lowest BCUT2D eigenvalue weighted by atomic mass is 10.3. The van der Waals surface area contributed by atoms with Crippen LogP contribution >= 0.6 is 0 Å². The number of hydrazine groups is 1. The Kier molecular flexibility index (Phi) is 4.94. The molecular weight excluding hydrogens is 206 g/mol.